The largest absolute Gasteiger partial charge is 0.481 e. The fourth-order valence-electron chi connectivity index (χ4n) is 3.82. The van der Waals surface area contributed by atoms with Gasteiger partial charge in [0.2, 0.25) is 11.8 Å². The van der Waals surface area contributed by atoms with Crippen molar-refractivity contribution in [3.8, 4) is 0 Å². The summed E-state index contributed by atoms with van der Waals surface area (Å²) in [4.78, 5) is 49.7. The van der Waals surface area contributed by atoms with Crippen molar-refractivity contribution < 1.29 is 32.7 Å². The van der Waals surface area contributed by atoms with Crippen LogP contribution in [-0.2, 0) is 34.8 Å². The lowest BCUT2D eigenvalue weighted by Crippen LogP contribution is -2.54. The second-order valence-electron chi connectivity index (χ2n) is 8.24. The third-order valence-corrected chi connectivity index (χ3v) is 6.89. The molecule has 0 bridgehead atoms. The van der Waals surface area contributed by atoms with Crippen molar-refractivity contribution in [3.63, 3.8) is 0 Å². The Morgan fingerprint density at radius 2 is 1.94 bits per heavy atom. The van der Waals surface area contributed by atoms with Crippen LogP contribution in [-0.4, -0.2) is 79.6 Å². The summed E-state index contributed by atoms with van der Waals surface area (Å²) < 4.78 is 25.0. The monoisotopic (exact) mass is 496 g/mol. The smallest absolute Gasteiger partial charge is 0.305 e. The predicted octanol–water partition coefficient (Wildman–Crippen LogP) is -0.595. The number of hydrogen-bond acceptors (Lipinski definition) is 8. The first-order valence-electron chi connectivity index (χ1n) is 11.1. The van der Waals surface area contributed by atoms with E-state index in [1.807, 2.05) is 0 Å². The van der Waals surface area contributed by atoms with Gasteiger partial charge in [-0.3, -0.25) is 19.7 Å². The van der Waals surface area contributed by atoms with Crippen molar-refractivity contribution in [3.05, 3.63) is 35.9 Å². The molecule has 1 saturated heterocycles. The molecule has 3 atom stereocenters. The van der Waals surface area contributed by atoms with Crippen molar-refractivity contribution in [1.82, 2.24) is 15.5 Å². The van der Waals surface area contributed by atoms with Gasteiger partial charge in [0, 0.05) is 6.54 Å². The normalized spacial score (nSPS) is 17.7. The molecule has 0 saturated carbocycles. The Morgan fingerprint density at radius 1 is 1.24 bits per heavy atom. The average molecular weight is 497 g/mol. The molecule has 1 aromatic rings. The summed E-state index contributed by atoms with van der Waals surface area (Å²) in [6.07, 6.45) is 1.75. The molecule has 0 aromatic heterocycles. The van der Waals surface area contributed by atoms with Crippen molar-refractivity contribution in [2.45, 2.75) is 56.0 Å². The maximum Gasteiger partial charge on any atom is 0.305 e. The molecule has 1 aliphatic rings. The highest BCUT2D eigenvalue weighted by atomic mass is 32.2. The Labute approximate surface area is 199 Å². The summed E-state index contributed by atoms with van der Waals surface area (Å²) >= 11 is 0. The lowest BCUT2D eigenvalue weighted by molar-refractivity contribution is -0.144. The number of carboxylic acid groups (broad SMARTS) is 1. The molecule has 0 radical (unpaired) electrons. The van der Waals surface area contributed by atoms with Crippen molar-refractivity contribution in [2.24, 2.45) is 5.73 Å². The molecule has 1 aliphatic heterocycles. The molecule has 0 spiro atoms. The van der Waals surface area contributed by atoms with Crippen LogP contribution in [0, 0.1) is 0 Å². The molecule has 3 unspecified atom stereocenters. The number of carbonyl (C=O) groups is 4. The first-order chi connectivity index (χ1) is 16.2. The van der Waals surface area contributed by atoms with Gasteiger partial charge in [0.15, 0.2) is 9.84 Å². The molecular weight excluding hydrogens is 464 g/mol. The zero-order chi connectivity index (χ0) is 25.1. The highest BCUT2D eigenvalue weighted by Crippen LogP contribution is 2.20. The van der Waals surface area contributed by atoms with Gasteiger partial charge >= 0.3 is 5.97 Å². The van der Waals surface area contributed by atoms with Crippen LogP contribution in [0.5, 0.6) is 0 Å². The minimum Gasteiger partial charge on any atom is -0.481 e. The number of likely N-dealkylation sites (tertiary alicyclic amines) is 1. The van der Waals surface area contributed by atoms with E-state index in [1.54, 1.807) is 30.3 Å². The zero-order valence-electron chi connectivity index (χ0n) is 18.9. The zero-order valence-corrected chi connectivity index (χ0v) is 19.7. The maximum absolute atomic E-state index is 13.1. The maximum atomic E-state index is 13.1. The first kappa shape index (κ1) is 27.4. The number of carboxylic acids is 1. The molecule has 2 amide bonds. The van der Waals surface area contributed by atoms with Gasteiger partial charge in [-0.2, -0.15) is 0 Å². The second-order valence-corrected chi connectivity index (χ2v) is 10.3. The third-order valence-electron chi connectivity index (χ3n) is 5.51. The van der Waals surface area contributed by atoms with E-state index < -0.39 is 58.0 Å². The van der Waals surface area contributed by atoms with Gasteiger partial charge in [0.1, 0.15) is 18.2 Å². The number of aliphatic carboxylic acids is 1. The standard InChI is InChI=1S/C22H32N4O7S/c23-10-4-8-17(13-27)25-21(30)19-9-5-11-26(19)22(31)18(12-20(28)29)24-15-34(32,33)14-16-6-2-1-3-7-16/h1-3,6-7,13,17-19,24H,4-5,8-12,14-15,23H2,(H,25,30)(H,28,29). The fourth-order valence-corrected chi connectivity index (χ4v) is 5.08. The van der Waals surface area contributed by atoms with Gasteiger partial charge in [0.05, 0.1) is 24.3 Å². The topological polar surface area (TPSA) is 176 Å². The Kier molecular flexibility index (Phi) is 10.6. The lowest BCUT2D eigenvalue weighted by Gasteiger charge is -2.29. The van der Waals surface area contributed by atoms with E-state index >= 15 is 0 Å². The number of nitrogens with one attached hydrogen (secondary N) is 2. The fraction of sp³-hybridized carbons (Fsp3) is 0.545. The van der Waals surface area contributed by atoms with Gasteiger partial charge in [-0.25, -0.2) is 8.42 Å². The van der Waals surface area contributed by atoms with Gasteiger partial charge < -0.3 is 25.9 Å². The van der Waals surface area contributed by atoms with Crippen molar-refractivity contribution in [2.75, 3.05) is 19.0 Å². The minimum atomic E-state index is -3.68. The van der Waals surface area contributed by atoms with Gasteiger partial charge in [0.25, 0.3) is 0 Å². The van der Waals surface area contributed by atoms with E-state index in [-0.39, 0.29) is 12.3 Å². The van der Waals surface area contributed by atoms with Crippen LogP contribution in [0.3, 0.4) is 0 Å². The van der Waals surface area contributed by atoms with E-state index in [4.69, 9.17) is 5.73 Å². The number of nitrogens with zero attached hydrogens (tertiary/aromatic N) is 1. The van der Waals surface area contributed by atoms with Crippen LogP contribution in [0.2, 0.25) is 0 Å². The van der Waals surface area contributed by atoms with E-state index in [1.165, 1.54) is 4.90 Å². The minimum absolute atomic E-state index is 0.222. The SMILES string of the molecule is NCCCC(C=O)NC(=O)C1CCCN1C(=O)C(CC(=O)O)NCS(=O)(=O)Cc1ccccc1. The average Bonchev–Trinajstić information content (AvgIpc) is 3.29. The van der Waals surface area contributed by atoms with E-state index in [0.717, 1.165) is 0 Å². The van der Waals surface area contributed by atoms with Gasteiger partial charge in [-0.05, 0) is 37.8 Å². The molecule has 1 fully saturated rings. The van der Waals surface area contributed by atoms with Gasteiger partial charge in [-0.1, -0.05) is 30.3 Å². The number of carbonyl (C=O) groups excluding carboxylic acids is 3. The number of rotatable bonds is 14. The Morgan fingerprint density at radius 3 is 2.56 bits per heavy atom. The van der Waals surface area contributed by atoms with Crippen LogP contribution >= 0.6 is 0 Å². The Hall–Kier alpha value is -2.83. The summed E-state index contributed by atoms with van der Waals surface area (Å²) in [6.45, 7) is 0.587. The second kappa shape index (κ2) is 13.2. The summed E-state index contributed by atoms with van der Waals surface area (Å²) in [5, 5.41) is 14.4. The molecule has 1 aromatic carbocycles. The molecule has 2 rings (SSSR count). The highest BCUT2D eigenvalue weighted by molar-refractivity contribution is 7.90. The lowest BCUT2D eigenvalue weighted by atomic mass is 10.1. The highest BCUT2D eigenvalue weighted by Gasteiger charge is 2.38. The van der Waals surface area contributed by atoms with E-state index in [9.17, 15) is 32.7 Å². The molecule has 1 heterocycles. The quantitative estimate of drug-likeness (QED) is 0.245. The number of aldehydes is 1. The van der Waals surface area contributed by atoms with Crippen LogP contribution in [0.25, 0.3) is 0 Å². The Bertz CT molecular complexity index is 955. The predicted molar refractivity (Wildman–Crippen MR) is 124 cm³/mol. The number of benzene rings is 1. The van der Waals surface area contributed by atoms with Gasteiger partial charge in [-0.15, -0.1) is 0 Å². The summed E-state index contributed by atoms with van der Waals surface area (Å²) in [6, 6.07) is 5.56. The number of hydrogen-bond donors (Lipinski definition) is 4. The van der Waals surface area contributed by atoms with E-state index in [2.05, 4.69) is 10.6 Å². The van der Waals surface area contributed by atoms with Crippen LogP contribution < -0.4 is 16.4 Å². The molecule has 188 valence electrons. The number of nitrogens with two attached hydrogens (primary N) is 1. The molecule has 0 aliphatic carbocycles. The number of sulfone groups is 1. The summed E-state index contributed by atoms with van der Waals surface area (Å²) in [5.41, 5.74) is 6.01. The summed E-state index contributed by atoms with van der Waals surface area (Å²) in [5.74, 6) is -3.32. The molecular formula is C22H32N4O7S. The van der Waals surface area contributed by atoms with Crippen LogP contribution in [0.4, 0.5) is 0 Å². The first-order valence-corrected chi connectivity index (χ1v) is 12.9. The third kappa shape index (κ3) is 8.50. The Balaban J connectivity index is 2.06. The molecule has 34 heavy (non-hydrogen) atoms. The van der Waals surface area contributed by atoms with Crippen LogP contribution in [0.15, 0.2) is 30.3 Å². The molecule has 11 nitrogen and oxygen atoms in total. The number of amides is 2. The van der Waals surface area contributed by atoms with E-state index in [0.29, 0.717) is 44.1 Å². The van der Waals surface area contributed by atoms with Crippen molar-refractivity contribution in [1.29, 1.82) is 0 Å². The van der Waals surface area contributed by atoms with Crippen molar-refractivity contribution >= 4 is 33.9 Å². The molecule has 5 N–H and O–H groups in total. The summed E-state index contributed by atoms with van der Waals surface area (Å²) in [7, 11) is -3.68. The van der Waals surface area contributed by atoms with Crippen LogP contribution in [0.1, 0.15) is 37.7 Å². The molecule has 12 heteroatoms.